The average molecular weight is 482 g/mol. The first kappa shape index (κ1) is 22.8. The number of nitrogens with zero attached hydrogens (tertiary/aromatic N) is 6. The number of halogens is 1. The number of fused-ring (bicyclic) bond motifs is 1. The third kappa shape index (κ3) is 3.66. The number of aromatic nitrogens is 4. The van der Waals surface area contributed by atoms with Crippen molar-refractivity contribution in [3.05, 3.63) is 39.8 Å². The third-order valence-corrected chi connectivity index (χ3v) is 7.25. The van der Waals surface area contributed by atoms with Gasteiger partial charge in [-0.15, -0.1) is 0 Å². The number of hydrogen-bond donors (Lipinski definition) is 1. The third-order valence-electron chi connectivity index (χ3n) is 6.95. The number of nitrogens with two attached hydrogens (primary N) is 1. The van der Waals surface area contributed by atoms with Crippen LogP contribution in [0.4, 0.5) is 5.82 Å². The maximum absolute atomic E-state index is 9.99. The van der Waals surface area contributed by atoms with Gasteiger partial charge in [-0.3, -0.25) is 4.90 Å². The lowest BCUT2D eigenvalue weighted by Gasteiger charge is -2.44. The van der Waals surface area contributed by atoms with Crippen LogP contribution >= 0.6 is 11.6 Å². The summed E-state index contributed by atoms with van der Waals surface area (Å²) in [7, 11) is 0. The highest BCUT2D eigenvalue weighted by molar-refractivity contribution is 6.32. The standard InChI is InChI=1S/C24H28ClN7O2/c1-4-34-22-17(14(3)32-24-20(13(2)30-32)23(27)28-12-29-24)7-19(25)18(8-26)21(22)15-9-31(10-15)16-5-6-33-11-16/h7,12,14-16H,4-6,9-11H2,1-3H3,(H2,27,28,29)/t14?,16-/m1/s1. The molecule has 2 aliphatic heterocycles. The summed E-state index contributed by atoms with van der Waals surface area (Å²) < 4.78 is 13.6. The first-order valence-electron chi connectivity index (χ1n) is 11.6. The summed E-state index contributed by atoms with van der Waals surface area (Å²) in [5.74, 6) is 1.28. The van der Waals surface area contributed by atoms with Crippen molar-refractivity contribution in [1.29, 1.82) is 5.26 Å². The quantitative estimate of drug-likeness (QED) is 0.569. The molecule has 2 N–H and O–H groups in total. The zero-order valence-electron chi connectivity index (χ0n) is 19.6. The molecule has 1 aromatic carbocycles. The van der Waals surface area contributed by atoms with Crippen LogP contribution in [0, 0.1) is 18.3 Å². The Labute approximate surface area is 203 Å². The molecule has 2 saturated heterocycles. The molecular weight excluding hydrogens is 454 g/mol. The van der Waals surface area contributed by atoms with Gasteiger partial charge in [0.25, 0.3) is 0 Å². The Balaban J connectivity index is 1.59. The summed E-state index contributed by atoms with van der Waals surface area (Å²) in [6.45, 7) is 9.62. The van der Waals surface area contributed by atoms with Crippen molar-refractivity contribution in [3.8, 4) is 11.8 Å². The molecule has 2 fully saturated rings. The van der Waals surface area contributed by atoms with Crippen molar-refractivity contribution >= 4 is 28.5 Å². The van der Waals surface area contributed by atoms with E-state index in [-0.39, 0.29) is 12.0 Å². The van der Waals surface area contributed by atoms with Crippen molar-refractivity contribution < 1.29 is 9.47 Å². The molecule has 0 aliphatic carbocycles. The van der Waals surface area contributed by atoms with Gasteiger partial charge < -0.3 is 15.2 Å². The fourth-order valence-electron chi connectivity index (χ4n) is 5.17. The van der Waals surface area contributed by atoms with E-state index in [2.05, 4.69) is 20.9 Å². The van der Waals surface area contributed by atoms with Gasteiger partial charge in [0, 0.05) is 42.8 Å². The SMILES string of the molecule is CCOc1c(C(C)n2nc(C)c3c(N)ncnc32)cc(Cl)c(C#N)c1C1CN([C@@H]2CCOC2)C1. The normalized spacial score (nSPS) is 19.8. The van der Waals surface area contributed by atoms with Crippen molar-refractivity contribution in [3.63, 3.8) is 0 Å². The van der Waals surface area contributed by atoms with Crippen LogP contribution in [0.3, 0.4) is 0 Å². The van der Waals surface area contributed by atoms with Gasteiger partial charge in [-0.1, -0.05) is 11.6 Å². The molecule has 34 heavy (non-hydrogen) atoms. The van der Waals surface area contributed by atoms with Crippen molar-refractivity contribution in [2.45, 2.75) is 45.2 Å². The minimum absolute atomic E-state index is 0.163. The number of hydrogen-bond acceptors (Lipinski definition) is 8. The molecule has 0 radical (unpaired) electrons. The van der Waals surface area contributed by atoms with Gasteiger partial charge in [-0.05, 0) is 33.3 Å². The maximum Gasteiger partial charge on any atom is 0.164 e. The summed E-state index contributed by atoms with van der Waals surface area (Å²) in [5.41, 5.74) is 9.75. The highest BCUT2D eigenvalue weighted by atomic mass is 35.5. The molecule has 0 bridgehead atoms. The Hall–Kier alpha value is -2.93. The largest absolute Gasteiger partial charge is 0.493 e. The van der Waals surface area contributed by atoms with Crippen molar-refractivity contribution in [2.75, 3.05) is 38.6 Å². The Morgan fingerprint density at radius 2 is 2.18 bits per heavy atom. The number of aryl methyl sites for hydroxylation is 1. The molecule has 0 spiro atoms. The Bertz CT molecular complexity index is 1270. The Morgan fingerprint density at radius 3 is 2.85 bits per heavy atom. The number of benzene rings is 1. The Morgan fingerprint density at radius 1 is 1.38 bits per heavy atom. The second-order valence-corrected chi connectivity index (χ2v) is 9.35. The lowest BCUT2D eigenvalue weighted by molar-refractivity contribution is 0.0762. The highest BCUT2D eigenvalue weighted by Crippen LogP contribution is 2.45. The minimum Gasteiger partial charge on any atom is -0.493 e. The summed E-state index contributed by atoms with van der Waals surface area (Å²) in [6, 6.07) is 4.34. The predicted octanol–water partition coefficient (Wildman–Crippen LogP) is 3.44. The van der Waals surface area contributed by atoms with Gasteiger partial charge in [-0.2, -0.15) is 10.4 Å². The van der Waals surface area contributed by atoms with Crippen molar-refractivity contribution in [1.82, 2.24) is 24.6 Å². The molecule has 0 saturated carbocycles. The van der Waals surface area contributed by atoms with E-state index in [1.54, 1.807) is 0 Å². The lowest BCUT2D eigenvalue weighted by Crippen LogP contribution is -2.51. The second kappa shape index (κ2) is 9.02. The number of nitriles is 1. The number of likely N-dealkylation sites (tertiary alicyclic amines) is 1. The maximum atomic E-state index is 9.99. The molecule has 2 aliphatic rings. The zero-order valence-corrected chi connectivity index (χ0v) is 20.3. The van der Waals surface area contributed by atoms with E-state index in [9.17, 15) is 5.26 Å². The molecule has 1 unspecified atom stereocenters. The first-order valence-corrected chi connectivity index (χ1v) is 12.0. The molecule has 3 aromatic rings. The summed E-state index contributed by atoms with van der Waals surface area (Å²) in [5, 5.41) is 15.9. The molecule has 2 aromatic heterocycles. The van der Waals surface area contributed by atoms with Crippen LogP contribution in [-0.4, -0.2) is 63.6 Å². The topological polar surface area (TPSA) is 115 Å². The number of rotatable bonds is 6. The van der Waals surface area contributed by atoms with E-state index in [0.29, 0.717) is 40.4 Å². The van der Waals surface area contributed by atoms with Crippen LogP contribution < -0.4 is 10.5 Å². The van der Waals surface area contributed by atoms with Gasteiger partial charge in [0.05, 0.1) is 40.9 Å². The van der Waals surface area contributed by atoms with Crippen molar-refractivity contribution in [2.24, 2.45) is 0 Å². The summed E-state index contributed by atoms with van der Waals surface area (Å²) in [6.07, 6.45) is 2.49. The molecule has 2 atom stereocenters. The van der Waals surface area contributed by atoms with Crippen LogP contribution in [-0.2, 0) is 4.74 Å². The van der Waals surface area contributed by atoms with Gasteiger partial charge >= 0.3 is 0 Å². The van der Waals surface area contributed by atoms with Gasteiger partial charge in [0.15, 0.2) is 5.65 Å². The highest BCUT2D eigenvalue weighted by Gasteiger charge is 2.39. The molecular formula is C24H28ClN7O2. The average Bonchev–Trinajstić information content (AvgIpc) is 3.43. The van der Waals surface area contributed by atoms with Crippen LogP contribution in [0.25, 0.3) is 11.0 Å². The minimum atomic E-state index is -0.254. The fraction of sp³-hybridized carbons (Fsp3) is 0.500. The Kier molecular flexibility index (Phi) is 6.06. The van der Waals surface area contributed by atoms with E-state index in [4.69, 9.17) is 31.9 Å². The molecule has 0 amide bonds. The predicted molar refractivity (Wildman–Crippen MR) is 129 cm³/mol. The van der Waals surface area contributed by atoms with Crippen LogP contribution in [0.1, 0.15) is 54.6 Å². The zero-order chi connectivity index (χ0) is 24.0. The number of nitrogen functional groups attached to an aromatic ring is 1. The fourth-order valence-corrected chi connectivity index (χ4v) is 5.43. The van der Waals surface area contributed by atoms with Crippen LogP contribution in [0.5, 0.6) is 5.75 Å². The van der Waals surface area contributed by atoms with E-state index < -0.39 is 0 Å². The smallest absolute Gasteiger partial charge is 0.164 e. The second-order valence-electron chi connectivity index (χ2n) is 8.94. The van der Waals surface area contributed by atoms with E-state index in [1.165, 1.54) is 6.33 Å². The molecule has 9 nitrogen and oxygen atoms in total. The molecule has 10 heteroatoms. The lowest BCUT2D eigenvalue weighted by atomic mass is 9.84. The van der Waals surface area contributed by atoms with Gasteiger partial charge in [0.1, 0.15) is 24.0 Å². The molecule has 4 heterocycles. The molecule has 5 rings (SSSR count). The van der Waals surface area contributed by atoms with E-state index >= 15 is 0 Å². The monoisotopic (exact) mass is 481 g/mol. The van der Waals surface area contributed by atoms with Crippen LogP contribution in [0.2, 0.25) is 5.02 Å². The summed E-state index contributed by atoms with van der Waals surface area (Å²) in [4.78, 5) is 11.0. The number of anilines is 1. The van der Waals surface area contributed by atoms with Crippen LogP contribution in [0.15, 0.2) is 12.4 Å². The van der Waals surface area contributed by atoms with Gasteiger partial charge in [0.2, 0.25) is 0 Å². The van der Waals surface area contributed by atoms with Gasteiger partial charge in [-0.25, -0.2) is 14.6 Å². The molecule has 178 valence electrons. The van der Waals surface area contributed by atoms with E-state index in [1.807, 2.05) is 31.5 Å². The summed E-state index contributed by atoms with van der Waals surface area (Å²) >= 11 is 6.69. The number of ether oxygens (including phenoxy) is 2. The first-order chi connectivity index (χ1) is 16.4. The van der Waals surface area contributed by atoms with E-state index in [0.717, 1.165) is 54.9 Å².